The molecule has 1 rings (SSSR count). The Labute approximate surface area is 106 Å². The third-order valence-electron chi connectivity index (χ3n) is 2.32. The summed E-state index contributed by atoms with van der Waals surface area (Å²) in [5.41, 5.74) is 6.07. The van der Waals surface area contributed by atoms with Crippen molar-refractivity contribution < 1.29 is 14.3 Å². The highest BCUT2D eigenvalue weighted by atomic mass is 16.5. The Hall–Kier alpha value is -2.30. The number of ether oxygens (including phenoxy) is 1. The quantitative estimate of drug-likeness (QED) is 0.729. The van der Waals surface area contributed by atoms with Gasteiger partial charge in [-0.25, -0.2) is 0 Å². The summed E-state index contributed by atoms with van der Waals surface area (Å²) < 4.78 is 5.02. The maximum atomic E-state index is 11.5. The zero-order valence-corrected chi connectivity index (χ0v) is 10.2. The van der Waals surface area contributed by atoms with Gasteiger partial charge in [-0.05, 0) is 17.7 Å². The first-order valence-corrected chi connectivity index (χ1v) is 5.40. The summed E-state index contributed by atoms with van der Waals surface area (Å²) in [6, 6.07) is 7.30. The molecule has 0 saturated carbocycles. The van der Waals surface area contributed by atoms with Gasteiger partial charge in [-0.2, -0.15) is 0 Å². The van der Waals surface area contributed by atoms with E-state index in [1.165, 1.54) is 0 Å². The van der Waals surface area contributed by atoms with Crippen molar-refractivity contribution in [1.29, 1.82) is 0 Å². The molecule has 1 aromatic carbocycles. The number of benzene rings is 1. The monoisotopic (exact) mass is 248 g/mol. The van der Waals surface area contributed by atoms with Crippen LogP contribution in [0.1, 0.15) is 12.0 Å². The number of hydrogen-bond donors (Lipinski definition) is 2. The second-order valence-electron chi connectivity index (χ2n) is 3.78. The summed E-state index contributed by atoms with van der Waals surface area (Å²) in [7, 11) is 1.59. The molecule has 96 valence electrons. The van der Waals surface area contributed by atoms with Crippen LogP contribution in [0.5, 0.6) is 5.75 Å². The van der Waals surface area contributed by atoms with Crippen LogP contribution in [0.2, 0.25) is 0 Å². The highest BCUT2D eigenvalue weighted by Gasteiger charge is 2.09. The van der Waals surface area contributed by atoms with Crippen LogP contribution in [-0.4, -0.2) is 18.9 Å². The van der Waals surface area contributed by atoms with Crippen molar-refractivity contribution in [3.05, 3.63) is 42.0 Å². The fourth-order valence-corrected chi connectivity index (χ4v) is 1.34. The average molecular weight is 248 g/mol. The van der Waals surface area contributed by atoms with Crippen LogP contribution in [-0.2, 0) is 16.1 Å². The minimum atomic E-state index is -0.570. The van der Waals surface area contributed by atoms with Gasteiger partial charge in [0, 0.05) is 12.1 Å². The topological polar surface area (TPSA) is 81.4 Å². The van der Waals surface area contributed by atoms with Crippen molar-refractivity contribution in [1.82, 2.24) is 5.32 Å². The lowest BCUT2D eigenvalue weighted by atomic mass is 10.2. The van der Waals surface area contributed by atoms with Gasteiger partial charge in [0.25, 0.3) is 0 Å². The molecule has 1 aromatic rings. The van der Waals surface area contributed by atoms with Gasteiger partial charge in [0.05, 0.1) is 13.5 Å². The number of primary amides is 1. The third-order valence-corrected chi connectivity index (χ3v) is 2.32. The zero-order chi connectivity index (χ0) is 13.5. The molecule has 0 aliphatic heterocycles. The van der Waals surface area contributed by atoms with E-state index in [0.717, 1.165) is 11.3 Å². The van der Waals surface area contributed by atoms with Gasteiger partial charge < -0.3 is 15.8 Å². The smallest absolute Gasteiger partial charge is 0.247 e. The van der Waals surface area contributed by atoms with Gasteiger partial charge in [-0.15, -0.1) is 0 Å². The fraction of sp³-hybridized carbons (Fsp3) is 0.231. The van der Waals surface area contributed by atoms with Crippen LogP contribution in [0.4, 0.5) is 0 Å². The number of nitrogens with two attached hydrogens (primary N) is 1. The minimum absolute atomic E-state index is 0.131. The molecule has 2 amide bonds. The van der Waals surface area contributed by atoms with E-state index < -0.39 is 5.91 Å². The van der Waals surface area contributed by atoms with E-state index in [9.17, 15) is 9.59 Å². The minimum Gasteiger partial charge on any atom is -0.497 e. The van der Waals surface area contributed by atoms with Crippen LogP contribution in [0.3, 0.4) is 0 Å². The van der Waals surface area contributed by atoms with Crippen molar-refractivity contribution >= 4 is 11.8 Å². The fourth-order valence-electron chi connectivity index (χ4n) is 1.34. The number of rotatable bonds is 6. The SMILES string of the molecule is C=C(CC(N)=O)C(=O)NCc1ccc(OC)cc1. The summed E-state index contributed by atoms with van der Waals surface area (Å²) in [5, 5.41) is 2.65. The Morgan fingerprint density at radius 1 is 1.33 bits per heavy atom. The van der Waals surface area contributed by atoms with E-state index in [1.54, 1.807) is 19.2 Å². The van der Waals surface area contributed by atoms with E-state index in [-0.39, 0.29) is 17.9 Å². The third kappa shape index (κ3) is 4.29. The van der Waals surface area contributed by atoms with E-state index in [0.29, 0.717) is 6.54 Å². The first kappa shape index (κ1) is 13.8. The first-order chi connectivity index (χ1) is 8.52. The molecular formula is C13H16N2O3. The molecule has 3 N–H and O–H groups in total. The standard InChI is InChI=1S/C13H16N2O3/c1-9(7-12(14)16)13(17)15-8-10-3-5-11(18-2)6-4-10/h3-6H,1,7-8H2,2H3,(H2,14,16)(H,15,17). The van der Waals surface area contributed by atoms with E-state index in [4.69, 9.17) is 10.5 Å². The van der Waals surface area contributed by atoms with Crippen LogP contribution in [0.15, 0.2) is 36.4 Å². The van der Waals surface area contributed by atoms with Crippen molar-refractivity contribution in [3.8, 4) is 5.75 Å². The average Bonchev–Trinajstić information content (AvgIpc) is 2.35. The van der Waals surface area contributed by atoms with Crippen molar-refractivity contribution in [2.45, 2.75) is 13.0 Å². The van der Waals surface area contributed by atoms with E-state index in [1.807, 2.05) is 12.1 Å². The molecule has 0 bridgehead atoms. The molecule has 0 fully saturated rings. The molecule has 0 radical (unpaired) electrons. The summed E-state index contributed by atoms with van der Waals surface area (Å²) in [5.74, 6) is -0.188. The maximum Gasteiger partial charge on any atom is 0.247 e. The van der Waals surface area contributed by atoms with E-state index >= 15 is 0 Å². The zero-order valence-electron chi connectivity index (χ0n) is 10.2. The maximum absolute atomic E-state index is 11.5. The van der Waals surface area contributed by atoms with Crippen LogP contribution in [0.25, 0.3) is 0 Å². The van der Waals surface area contributed by atoms with Gasteiger partial charge >= 0.3 is 0 Å². The van der Waals surface area contributed by atoms with Gasteiger partial charge in [0.2, 0.25) is 11.8 Å². The Morgan fingerprint density at radius 2 is 1.94 bits per heavy atom. The highest BCUT2D eigenvalue weighted by Crippen LogP contribution is 2.11. The molecule has 0 aliphatic carbocycles. The molecule has 0 unspecified atom stereocenters. The molecule has 0 aliphatic rings. The van der Waals surface area contributed by atoms with Crippen LogP contribution in [0, 0.1) is 0 Å². The Morgan fingerprint density at radius 3 is 2.44 bits per heavy atom. The predicted molar refractivity (Wildman–Crippen MR) is 67.8 cm³/mol. The van der Waals surface area contributed by atoms with Gasteiger partial charge in [0.15, 0.2) is 0 Å². The van der Waals surface area contributed by atoms with Crippen molar-refractivity contribution in [2.24, 2.45) is 5.73 Å². The number of carbonyl (C=O) groups excluding carboxylic acids is 2. The predicted octanol–water partition coefficient (Wildman–Crippen LogP) is 0.743. The normalized spacial score (nSPS) is 9.61. The lowest BCUT2D eigenvalue weighted by Gasteiger charge is -2.07. The molecular weight excluding hydrogens is 232 g/mol. The largest absolute Gasteiger partial charge is 0.497 e. The summed E-state index contributed by atoms with van der Waals surface area (Å²) in [4.78, 5) is 22.2. The number of carbonyl (C=O) groups is 2. The lowest BCUT2D eigenvalue weighted by Crippen LogP contribution is -2.26. The second-order valence-corrected chi connectivity index (χ2v) is 3.78. The number of nitrogens with one attached hydrogen (secondary N) is 1. The summed E-state index contributed by atoms with van der Waals surface area (Å²) in [6.45, 7) is 3.86. The molecule has 5 heteroatoms. The number of methoxy groups -OCH3 is 1. The molecule has 0 aromatic heterocycles. The number of amides is 2. The van der Waals surface area contributed by atoms with Gasteiger partial charge in [-0.1, -0.05) is 18.7 Å². The van der Waals surface area contributed by atoms with Crippen LogP contribution < -0.4 is 15.8 Å². The molecule has 0 heterocycles. The van der Waals surface area contributed by atoms with Gasteiger partial charge in [0.1, 0.15) is 5.75 Å². The summed E-state index contributed by atoms with van der Waals surface area (Å²) in [6.07, 6.45) is -0.131. The molecule has 0 saturated heterocycles. The second kappa shape index (κ2) is 6.44. The molecule has 0 spiro atoms. The van der Waals surface area contributed by atoms with Crippen molar-refractivity contribution in [3.63, 3.8) is 0 Å². The van der Waals surface area contributed by atoms with Crippen LogP contribution >= 0.6 is 0 Å². The molecule has 18 heavy (non-hydrogen) atoms. The molecule has 0 atom stereocenters. The number of hydrogen-bond acceptors (Lipinski definition) is 3. The first-order valence-electron chi connectivity index (χ1n) is 5.40. The van der Waals surface area contributed by atoms with E-state index in [2.05, 4.69) is 11.9 Å². The van der Waals surface area contributed by atoms with Gasteiger partial charge in [-0.3, -0.25) is 9.59 Å². The molecule has 5 nitrogen and oxygen atoms in total. The lowest BCUT2D eigenvalue weighted by molar-refractivity contribution is -0.121. The Bertz CT molecular complexity index is 452. The highest BCUT2D eigenvalue weighted by molar-refractivity contribution is 5.97. The summed E-state index contributed by atoms with van der Waals surface area (Å²) >= 11 is 0. The Kier molecular flexibility index (Phi) is 4.92. The van der Waals surface area contributed by atoms with Crippen molar-refractivity contribution in [2.75, 3.05) is 7.11 Å². The Balaban J connectivity index is 2.46.